The van der Waals surface area contributed by atoms with Gasteiger partial charge in [-0.25, -0.2) is 0 Å². The molecule has 0 spiro atoms. The molecular formula is C14H11IN4O. The first-order chi connectivity index (χ1) is 9.63. The fourth-order valence-corrected chi connectivity index (χ4v) is 3.12. The van der Waals surface area contributed by atoms with Crippen molar-refractivity contribution in [2.45, 2.75) is 12.8 Å². The zero-order valence-corrected chi connectivity index (χ0v) is 12.8. The molecule has 1 aliphatic rings. The maximum atomic E-state index is 9.44. The molecule has 0 saturated carbocycles. The van der Waals surface area contributed by atoms with Crippen LogP contribution in [-0.4, -0.2) is 10.2 Å². The Balaban J connectivity index is 2.29. The molecule has 0 amide bonds. The number of nitrogens with zero attached hydrogens (tertiary/aromatic N) is 2. The number of nitriles is 1. The van der Waals surface area contributed by atoms with E-state index in [2.05, 4.69) is 38.9 Å². The quantitative estimate of drug-likeness (QED) is 0.747. The molecule has 1 atom stereocenters. The molecule has 0 radical (unpaired) electrons. The number of nitrogens with one attached hydrogen (secondary N) is 1. The predicted octanol–water partition coefficient (Wildman–Crippen LogP) is 2.54. The van der Waals surface area contributed by atoms with E-state index in [0.29, 0.717) is 11.5 Å². The normalized spacial score (nSPS) is 17.4. The van der Waals surface area contributed by atoms with E-state index in [-0.39, 0.29) is 11.8 Å². The van der Waals surface area contributed by atoms with E-state index < -0.39 is 0 Å². The van der Waals surface area contributed by atoms with Crippen LogP contribution in [-0.2, 0) is 0 Å². The third-order valence-corrected chi connectivity index (χ3v) is 4.33. The van der Waals surface area contributed by atoms with Crippen LogP contribution in [0.15, 0.2) is 35.7 Å². The molecule has 0 aliphatic carbocycles. The van der Waals surface area contributed by atoms with Crippen molar-refractivity contribution in [3.63, 3.8) is 0 Å². The molecule has 0 saturated heterocycles. The maximum Gasteiger partial charge on any atom is 0.244 e. The molecule has 6 heteroatoms. The van der Waals surface area contributed by atoms with E-state index in [4.69, 9.17) is 10.5 Å². The Morgan fingerprint density at radius 3 is 2.90 bits per heavy atom. The van der Waals surface area contributed by atoms with Gasteiger partial charge in [0.1, 0.15) is 11.6 Å². The van der Waals surface area contributed by atoms with Crippen molar-refractivity contribution in [1.82, 2.24) is 10.2 Å². The highest BCUT2D eigenvalue weighted by Crippen LogP contribution is 2.43. The first kappa shape index (κ1) is 13.0. The summed E-state index contributed by atoms with van der Waals surface area (Å²) in [4.78, 5) is 0. The summed E-state index contributed by atoms with van der Waals surface area (Å²) in [5.41, 5.74) is 9.08. The van der Waals surface area contributed by atoms with E-state index in [9.17, 15) is 5.26 Å². The zero-order chi connectivity index (χ0) is 14.3. The number of ether oxygens (including phenoxy) is 1. The van der Waals surface area contributed by atoms with Crippen LogP contribution in [0.3, 0.4) is 0 Å². The summed E-state index contributed by atoms with van der Waals surface area (Å²) in [6.45, 7) is 1.91. The second kappa shape index (κ2) is 4.83. The van der Waals surface area contributed by atoms with Crippen LogP contribution in [0.4, 0.5) is 0 Å². The van der Waals surface area contributed by atoms with Gasteiger partial charge in [0.2, 0.25) is 11.8 Å². The Bertz CT molecular complexity index is 757. The highest BCUT2D eigenvalue weighted by Gasteiger charge is 2.34. The molecule has 1 aromatic carbocycles. The molecule has 3 rings (SSSR count). The van der Waals surface area contributed by atoms with Gasteiger partial charge < -0.3 is 10.5 Å². The van der Waals surface area contributed by atoms with Crippen molar-refractivity contribution >= 4 is 22.6 Å². The Morgan fingerprint density at radius 2 is 2.20 bits per heavy atom. The van der Waals surface area contributed by atoms with Gasteiger partial charge in [0, 0.05) is 14.8 Å². The summed E-state index contributed by atoms with van der Waals surface area (Å²) < 4.78 is 6.51. The predicted molar refractivity (Wildman–Crippen MR) is 81.8 cm³/mol. The fraction of sp³-hybridized carbons (Fsp3) is 0.143. The molecule has 1 aromatic heterocycles. The number of aromatic nitrogens is 2. The minimum absolute atomic E-state index is 0.121. The molecule has 2 heterocycles. The number of hydrogen-bond acceptors (Lipinski definition) is 4. The molecule has 0 unspecified atom stereocenters. The van der Waals surface area contributed by atoms with Gasteiger partial charge in [0.25, 0.3) is 0 Å². The summed E-state index contributed by atoms with van der Waals surface area (Å²) >= 11 is 2.26. The summed E-state index contributed by atoms with van der Waals surface area (Å²) in [6.07, 6.45) is 0. The lowest BCUT2D eigenvalue weighted by atomic mass is 9.84. The lowest BCUT2D eigenvalue weighted by Gasteiger charge is -2.24. The lowest BCUT2D eigenvalue weighted by Crippen LogP contribution is -2.21. The third kappa shape index (κ3) is 1.86. The fourth-order valence-electron chi connectivity index (χ4n) is 2.42. The molecule has 0 bridgehead atoms. The average Bonchev–Trinajstić information content (AvgIpc) is 2.79. The first-order valence-electron chi connectivity index (χ1n) is 6.00. The molecule has 0 fully saturated rings. The van der Waals surface area contributed by atoms with Gasteiger partial charge in [-0.15, -0.1) is 5.10 Å². The number of hydrogen-bond donors (Lipinski definition) is 2. The largest absolute Gasteiger partial charge is 0.420 e. The molecule has 20 heavy (non-hydrogen) atoms. The van der Waals surface area contributed by atoms with Crippen LogP contribution in [0, 0.1) is 21.8 Å². The number of rotatable bonds is 1. The highest BCUT2D eigenvalue weighted by atomic mass is 127. The maximum absolute atomic E-state index is 9.44. The van der Waals surface area contributed by atoms with Crippen LogP contribution in [0.1, 0.15) is 22.7 Å². The Kier molecular flexibility index (Phi) is 3.14. The van der Waals surface area contributed by atoms with Gasteiger partial charge in [-0.1, -0.05) is 18.2 Å². The first-order valence-corrected chi connectivity index (χ1v) is 7.08. The topological polar surface area (TPSA) is 87.7 Å². The van der Waals surface area contributed by atoms with E-state index in [1.165, 1.54) is 0 Å². The van der Waals surface area contributed by atoms with Crippen LogP contribution in [0.25, 0.3) is 0 Å². The van der Waals surface area contributed by atoms with E-state index in [1.807, 2.05) is 31.2 Å². The van der Waals surface area contributed by atoms with E-state index in [1.54, 1.807) is 0 Å². The number of allylic oxidation sites excluding steroid dienone is 1. The van der Waals surface area contributed by atoms with Crippen LogP contribution < -0.4 is 10.5 Å². The summed E-state index contributed by atoms with van der Waals surface area (Å²) in [7, 11) is 0. The van der Waals surface area contributed by atoms with Gasteiger partial charge in [-0.05, 0) is 41.1 Å². The number of aromatic amines is 1. The second-order valence-corrected chi connectivity index (χ2v) is 5.68. The monoisotopic (exact) mass is 378 g/mol. The number of H-pyrrole nitrogens is 1. The van der Waals surface area contributed by atoms with Crippen LogP contribution in [0.5, 0.6) is 5.88 Å². The van der Waals surface area contributed by atoms with E-state index in [0.717, 1.165) is 20.4 Å². The van der Waals surface area contributed by atoms with Gasteiger partial charge in [0.15, 0.2) is 0 Å². The van der Waals surface area contributed by atoms with Gasteiger partial charge in [-0.2, -0.15) is 5.26 Å². The minimum atomic E-state index is -0.240. The summed E-state index contributed by atoms with van der Waals surface area (Å²) in [6, 6.07) is 10.1. The van der Waals surface area contributed by atoms with Gasteiger partial charge in [0.05, 0.1) is 5.92 Å². The van der Waals surface area contributed by atoms with Crippen molar-refractivity contribution < 1.29 is 4.74 Å². The zero-order valence-electron chi connectivity index (χ0n) is 10.6. The van der Waals surface area contributed by atoms with Gasteiger partial charge >= 0.3 is 0 Å². The lowest BCUT2D eigenvalue weighted by molar-refractivity contribution is 0.378. The average molecular weight is 378 g/mol. The number of nitrogens with two attached hydrogens (primary N) is 1. The van der Waals surface area contributed by atoms with Gasteiger partial charge in [-0.3, -0.25) is 5.10 Å². The van der Waals surface area contributed by atoms with Crippen molar-refractivity contribution in [2.75, 3.05) is 0 Å². The molecule has 100 valence electrons. The number of aryl methyl sites for hydroxylation is 1. The van der Waals surface area contributed by atoms with Crippen LogP contribution >= 0.6 is 22.6 Å². The SMILES string of the molecule is Cc1[nH]nc2c1[C@H](c1ccccc1I)C(C#N)=C(N)O2. The van der Waals surface area contributed by atoms with E-state index >= 15 is 0 Å². The Labute approximate surface area is 129 Å². The smallest absolute Gasteiger partial charge is 0.244 e. The Morgan fingerprint density at radius 1 is 1.45 bits per heavy atom. The summed E-state index contributed by atoms with van der Waals surface area (Å²) in [5.74, 6) is 0.329. The molecular weight excluding hydrogens is 367 g/mol. The molecule has 1 aliphatic heterocycles. The number of benzene rings is 1. The van der Waals surface area contributed by atoms with Crippen molar-refractivity contribution in [3.05, 3.63) is 56.1 Å². The molecule has 5 nitrogen and oxygen atoms in total. The standard InChI is InChI=1S/C14H11IN4O/c1-7-11-12(8-4-2-3-5-10(8)15)9(6-16)13(17)20-14(11)19-18-7/h2-5,12H,17H2,1H3,(H,18,19)/t12-/m1/s1. The third-order valence-electron chi connectivity index (χ3n) is 3.35. The Hall–Kier alpha value is -2.01. The minimum Gasteiger partial charge on any atom is -0.420 e. The van der Waals surface area contributed by atoms with Crippen LogP contribution in [0.2, 0.25) is 0 Å². The van der Waals surface area contributed by atoms with Crippen molar-refractivity contribution in [2.24, 2.45) is 5.73 Å². The second-order valence-electron chi connectivity index (χ2n) is 4.51. The molecule has 2 aromatic rings. The molecule has 3 N–H and O–H groups in total. The highest BCUT2D eigenvalue weighted by molar-refractivity contribution is 14.1. The number of halogens is 1. The number of fused-ring (bicyclic) bond motifs is 1. The summed E-state index contributed by atoms with van der Waals surface area (Å²) in [5, 5.41) is 16.4. The van der Waals surface area contributed by atoms with Crippen molar-refractivity contribution in [3.8, 4) is 11.9 Å². The van der Waals surface area contributed by atoms with Crippen molar-refractivity contribution in [1.29, 1.82) is 5.26 Å².